The predicted molar refractivity (Wildman–Crippen MR) is 74.2 cm³/mol. The van der Waals surface area contributed by atoms with Crippen molar-refractivity contribution in [1.82, 2.24) is 0 Å². The summed E-state index contributed by atoms with van der Waals surface area (Å²) in [7, 11) is 0. The molecule has 0 aromatic heterocycles. The van der Waals surface area contributed by atoms with Crippen LogP contribution >= 0.6 is 11.6 Å². The lowest BCUT2D eigenvalue weighted by molar-refractivity contribution is 0.739. The van der Waals surface area contributed by atoms with Crippen LogP contribution in [0.4, 0.5) is 0 Å². The average Bonchev–Trinajstić information content (AvgIpc) is 2.30. The third-order valence-electron chi connectivity index (χ3n) is 2.72. The van der Waals surface area contributed by atoms with E-state index in [4.69, 9.17) is 17.3 Å². The Morgan fingerprint density at radius 1 is 1.00 bits per heavy atom. The summed E-state index contributed by atoms with van der Waals surface area (Å²) in [6, 6.07) is 16.3. The van der Waals surface area contributed by atoms with Crippen molar-refractivity contribution >= 4 is 11.6 Å². The first-order valence-electron chi connectivity index (χ1n) is 5.77. The molecule has 0 fully saturated rings. The first kappa shape index (κ1) is 12.2. The molecular weight excluding hydrogens is 230 g/mol. The highest BCUT2D eigenvalue weighted by Gasteiger charge is 2.08. The maximum absolute atomic E-state index is 6.24. The molecule has 2 aromatic rings. The lowest BCUT2D eigenvalue weighted by Crippen LogP contribution is -2.18. The second-order valence-corrected chi connectivity index (χ2v) is 4.73. The molecule has 2 aromatic carbocycles. The number of hydrogen-bond acceptors (Lipinski definition) is 1. The van der Waals surface area contributed by atoms with Gasteiger partial charge in [0.1, 0.15) is 0 Å². The van der Waals surface area contributed by atoms with E-state index in [2.05, 4.69) is 12.1 Å². The molecule has 0 aliphatic carbocycles. The van der Waals surface area contributed by atoms with E-state index in [1.807, 2.05) is 43.3 Å². The topological polar surface area (TPSA) is 26.0 Å². The quantitative estimate of drug-likeness (QED) is 0.872. The summed E-state index contributed by atoms with van der Waals surface area (Å²) in [4.78, 5) is 0. The molecular formula is C15H16ClN. The second-order valence-electron chi connectivity index (χ2n) is 4.32. The van der Waals surface area contributed by atoms with Crippen molar-refractivity contribution in [2.75, 3.05) is 0 Å². The van der Waals surface area contributed by atoms with E-state index < -0.39 is 0 Å². The molecule has 88 valence electrons. The van der Waals surface area contributed by atoms with Crippen LogP contribution in [0.2, 0.25) is 5.02 Å². The van der Waals surface area contributed by atoms with Crippen LogP contribution in [0.1, 0.15) is 12.5 Å². The number of nitrogens with two attached hydrogens (primary N) is 1. The van der Waals surface area contributed by atoms with Crippen molar-refractivity contribution in [3.63, 3.8) is 0 Å². The Kier molecular flexibility index (Phi) is 3.82. The Morgan fingerprint density at radius 2 is 1.59 bits per heavy atom. The Bertz CT molecular complexity index is 506. The standard InChI is InChI=1S/C15H16ClN/c1-11(17)10-12-6-2-3-7-13(12)14-8-4-5-9-15(14)16/h2-9,11H,10,17H2,1H3. The van der Waals surface area contributed by atoms with Gasteiger partial charge in [-0.15, -0.1) is 0 Å². The molecule has 0 aliphatic rings. The molecule has 0 aliphatic heterocycles. The third kappa shape index (κ3) is 2.87. The molecule has 0 radical (unpaired) electrons. The summed E-state index contributed by atoms with van der Waals surface area (Å²) in [6.07, 6.45) is 0.862. The summed E-state index contributed by atoms with van der Waals surface area (Å²) in [5.74, 6) is 0. The van der Waals surface area contributed by atoms with Crippen LogP contribution in [0.25, 0.3) is 11.1 Å². The lowest BCUT2D eigenvalue weighted by atomic mass is 9.96. The van der Waals surface area contributed by atoms with Crippen molar-refractivity contribution in [2.24, 2.45) is 5.73 Å². The molecule has 1 atom stereocenters. The average molecular weight is 246 g/mol. The molecule has 0 heterocycles. The fourth-order valence-electron chi connectivity index (χ4n) is 1.99. The summed E-state index contributed by atoms with van der Waals surface area (Å²) < 4.78 is 0. The van der Waals surface area contributed by atoms with E-state index >= 15 is 0 Å². The third-order valence-corrected chi connectivity index (χ3v) is 3.05. The molecule has 0 saturated carbocycles. The highest BCUT2D eigenvalue weighted by molar-refractivity contribution is 6.33. The van der Waals surface area contributed by atoms with Crippen LogP contribution in [0.15, 0.2) is 48.5 Å². The molecule has 2 rings (SSSR count). The number of halogens is 1. The molecule has 0 spiro atoms. The highest BCUT2D eigenvalue weighted by Crippen LogP contribution is 2.30. The van der Waals surface area contributed by atoms with Gasteiger partial charge in [-0.3, -0.25) is 0 Å². The molecule has 1 unspecified atom stereocenters. The normalized spacial score (nSPS) is 12.4. The van der Waals surface area contributed by atoms with Gasteiger partial charge in [0.2, 0.25) is 0 Å². The van der Waals surface area contributed by atoms with Gasteiger partial charge in [-0.2, -0.15) is 0 Å². The van der Waals surface area contributed by atoms with Crippen LogP contribution < -0.4 is 5.73 Å². The van der Waals surface area contributed by atoms with Gasteiger partial charge >= 0.3 is 0 Å². The van der Waals surface area contributed by atoms with Crippen LogP contribution in [-0.2, 0) is 6.42 Å². The molecule has 0 bridgehead atoms. The Hall–Kier alpha value is -1.31. The Labute approximate surface area is 107 Å². The van der Waals surface area contributed by atoms with Gasteiger partial charge in [0.25, 0.3) is 0 Å². The molecule has 2 N–H and O–H groups in total. The monoisotopic (exact) mass is 245 g/mol. The minimum absolute atomic E-state index is 0.152. The predicted octanol–water partition coefficient (Wildman–Crippen LogP) is 3.90. The summed E-state index contributed by atoms with van der Waals surface area (Å²) in [5, 5.41) is 0.782. The van der Waals surface area contributed by atoms with E-state index in [1.165, 1.54) is 11.1 Å². The first-order valence-corrected chi connectivity index (χ1v) is 6.14. The van der Waals surface area contributed by atoms with Gasteiger partial charge < -0.3 is 5.73 Å². The van der Waals surface area contributed by atoms with Crippen molar-refractivity contribution < 1.29 is 0 Å². The van der Waals surface area contributed by atoms with Crippen molar-refractivity contribution in [1.29, 1.82) is 0 Å². The molecule has 0 amide bonds. The van der Waals surface area contributed by atoms with Gasteiger partial charge in [0.15, 0.2) is 0 Å². The van der Waals surface area contributed by atoms with E-state index in [1.54, 1.807) is 0 Å². The SMILES string of the molecule is CC(N)Cc1ccccc1-c1ccccc1Cl. The zero-order valence-corrected chi connectivity index (χ0v) is 10.6. The van der Waals surface area contributed by atoms with Crippen molar-refractivity contribution in [2.45, 2.75) is 19.4 Å². The minimum atomic E-state index is 0.152. The fraction of sp³-hybridized carbons (Fsp3) is 0.200. The van der Waals surface area contributed by atoms with Crippen LogP contribution in [0, 0.1) is 0 Å². The van der Waals surface area contributed by atoms with Gasteiger partial charge in [0, 0.05) is 16.6 Å². The largest absolute Gasteiger partial charge is 0.328 e. The maximum Gasteiger partial charge on any atom is 0.0484 e. The van der Waals surface area contributed by atoms with Gasteiger partial charge in [-0.1, -0.05) is 54.1 Å². The van der Waals surface area contributed by atoms with Crippen molar-refractivity contribution in [3.8, 4) is 11.1 Å². The zero-order chi connectivity index (χ0) is 12.3. The van der Waals surface area contributed by atoms with E-state index in [0.717, 1.165) is 17.0 Å². The number of rotatable bonds is 3. The summed E-state index contributed by atoms with van der Waals surface area (Å²) in [5.41, 5.74) is 9.37. The molecule has 17 heavy (non-hydrogen) atoms. The van der Waals surface area contributed by atoms with Crippen molar-refractivity contribution in [3.05, 3.63) is 59.1 Å². The smallest absolute Gasteiger partial charge is 0.0484 e. The number of hydrogen-bond donors (Lipinski definition) is 1. The van der Waals surface area contributed by atoms with Crippen LogP contribution in [0.5, 0.6) is 0 Å². The van der Waals surface area contributed by atoms with E-state index in [0.29, 0.717) is 0 Å². The zero-order valence-electron chi connectivity index (χ0n) is 9.86. The van der Waals surface area contributed by atoms with Gasteiger partial charge in [0.05, 0.1) is 0 Å². The molecule has 2 heteroatoms. The summed E-state index contributed by atoms with van der Waals surface area (Å²) in [6.45, 7) is 2.02. The molecule has 0 saturated heterocycles. The van der Waals surface area contributed by atoms with Crippen LogP contribution in [-0.4, -0.2) is 6.04 Å². The van der Waals surface area contributed by atoms with Gasteiger partial charge in [-0.25, -0.2) is 0 Å². The lowest BCUT2D eigenvalue weighted by Gasteiger charge is -2.12. The maximum atomic E-state index is 6.24. The second kappa shape index (κ2) is 5.35. The highest BCUT2D eigenvalue weighted by atomic mass is 35.5. The van der Waals surface area contributed by atoms with Gasteiger partial charge in [-0.05, 0) is 30.5 Å². The Balaban J connectivity index is 2.48. The van der Waals surface area contributed by atoms with Crippen LogP contribution in [0.3, 0.4) is 0 Å². The minimum Gasteiger partial charge on any atom is -0.328 e. The number of benzene rings is 2. The first-order chi connectivity index (χ1) is 8.18. The molecule has 1 nitrogen and oxygen atoms in total. The summed E-state index contributed by atoms with van der Waals surface area (Å²) >= 11 is 6.24. The van der Waals surface area contributed by atoms with E-state index in [-0.39, 0.29) is 6.04 Å². The van der Waals surface area contributed by atoms with E-state index in [9.17, 15) is 0 Å². The fourth-order valence-corrected chi connectivity index (χ4v) is 2.23. The Morgan fingerprint density at radius 3 is 2.24 bits per heavy atom.